The van der Waals surface area contributed by atoms with Crippen LogP contribution in [0, 0.1) is 0 Å². The fourth-order valence-corrected chi connectivity index (χ4v) is 2.68. The van der Waals surface area contributed by atoms with Crippen LogP contribution in [-0.2, 0) is 0 Å². The third-order valence-electron chi connectivity index (χ3n) is 2.95. The van der Waals surface area contributed by atoms with Crippen LogP contribution in [0.15, 0.2) is 30.5 Å². The summed E-state index contributed by atoms with van der Waals surface area (Å²) in [5.74, 6) is 0.527. The Morgan fingerprint density at radius 1 is 1.21 bits per heavy atom. The maximum absolute atomic E-state index is 11.8. The summed E-state index contributed by atoms with van der Waals surface area (Å²) in [7, 11) is 3.50. The summed E-state index contributed by atoms with van der Waals surface area (Å²) in [5.41, 5.74) is 2.37. The molecule has 100 valence electrons. The standard InChI is InChI=1S/C15H18N2OS/c1-10(2)11-5-7-12(8-6-11)14-16-9-13(19-14)15(18)17(3)4/h5-10H,1-4H3. The Morgan fingerprint density at radius 3 is 2.37 bits per heavy atom. The zero-order valence-electron chi connectivity index (χ0n) is 11.7. The number of thiazole rings is 1. The van der Waals surface area contributed by atoms with Crippen molar-refractivity contribution in [3.8, 4) is 10.6 Å². The number of aromatic nitrogens is 1. The van der Waals surface area contributed by atoms with Gasteiger partial charge in [-0.2, -0.15) is 0 Å². The summed E-state index contributed by atoms with van der Waals surface area (Å²) >= 11 is 1.43. The lowest BCUT2D eigenvalue weighted by Crippen LogP contribution is -2.20. The Balaban J connectivity index is 2.25. The van der Waals surface area contributed by atoms with E-state index in [0.717, 1.165) is 10.6 Å². The predicted molar refractivity (Wildman–Crippen MR) is 79.7 cm³/mol. The average Bonchev–Trinajstić information content (AvgIpc) is 2.87. The third kappa shape index (κ3) is 3.01. The van der Waals surface area contributed by atoms with Gasteiger partial charge in [0.25, 0.3) is 5.91 Å². The fraction of sp³-hybridized carbons (Fsp3) is 0.333. The number of rotatable bonds is 3. The lowest BCUT2D eigenvalue weighted by Gasteiger charge is -2.07. The molecule has 2 rings (SSSR count). The van der Waals surface area contributed by atoms with Crippen LogP contribution in [0.25, 0.3) is 10.6 Å². The Bertz CT molecular complexity index is 570. The van der Waals surface area contributed by atoms with Crippen LogP contribution >= 0.6 is 11.3 Å². The van der Waals surface area contributed by atoms with Crippen molar-refractivity contribution in [1.82, 2.24) is 9.88 Å². The van der Waals surface area contributed by atoms with Gasteiger partial charge in [0.05, 0.1) is 6.20 Å². The van der Waals surface area contributed by atoms with Crippen molar-refractivity contribution in [2.24, 2.45) is 0 Å². The van der Waals surface area contributed by atoms with Gasteiger partial charge in [-0.1, -0.05) is 38.1 Å². The van der Waals surface area contributed by atoms with E-state index in [4.69, 9.17) is 0 Å². The Morgan fingerprint density at radius 2 is 1.84 bits per heavy atom. The van der Waals surface area contributed by atoms with Gasteiger partial charge in [0.2, 0.25) is 0 Å². The number of amides is 1. The van der Waals surface area contributed by atoms with Crippen molar-refractivity contribution in [2.45, 2.75) is 19.8 Å². The molecule has 0 spiro atoms. The molecular formula is C15H18N2OS. The Kier molecular flexibility index (Phi) is 4.00. The van der Waals surface area contributed by atoms with Crippen LogP contribution < -0.4 is 0 Å². The molecule has 0 saturated heterocycles. The van der Waals surface area contributed by atoms with E-state index in [1.807, 2.05) is 0 Å². The molecule has 0 bridgehead atoms. The molecule has 4 heteroatoms. The second kappa shape index (κ2) is 5.53. The molecule has 0 radical (unpaired) electrons. The number of hydrogen-bond donors (Lipinski definition) is 0. The van der Waals surface area contributed by atoms with Gasteiger partial charge < -0.3 is 4.90 Å². The molecular weight excluding hydrogens is 256 g/mol. The lowest BCUT2D eigenvalue weighted by atomic mass is 10.0. The quantitative estimate of drug-likeness (QED) is 0.856. The molecule has 0 unspecified atom stereocenters. The molecule has 0 fully saturated rings. The van der Waals surface area contributed by atoms with Crippen LogP contribution in [0.5, 0.6) is 0 Å². The highest BCUT2D eigenvalue weighted by atomic mass is 32.1. The monoisotopic (exact) mass is 274 g/mol. The van der Waals surface area contributed by atoms with E-state index in [1.54, 1.807) is 25.2 Å². The highest BCUT2D eigenvalue weighted by molar-refractivity contribution is 7.16. The zero-order chi connectivity index (χ0) is 14.0. The van der Waals surface area contributed by atoms with Crippen LogP contribution in [0.4, 0.5) is 0 Å². The molecule has 1 amide bonds. The number of carbonyl (C=O) groups excluding carboxylic acids is 1. The van der Waals surface area contributed by atoms with E-state index in [0.29, 0.717) is 10.8 Å². The molecule has 1 aromatic heterocycles. The summed E-state index contributed by atoms with van der Waals surface area (Å²) in [6.45, 7) is 4.35. The van der Waals surface area contributed by atoms with Crippen molar-refractivity contribution in [2.75, 3.05) is 14.1 Å². The average molecular weight is 274 g/mol. The van der Waals surface area contributed by atoms with Gasteiger partial charge in [-0.25, -0.2) is 4.98 Å². The molecule has 0 atom stereocenters. The highest BCUT2D eigenvalue weighted by Crippen LogP contribution is 2.27. The first-order valence-electron chi connectivity index (χ1n) is 6.27. The molecule has 0 N–H and O–H groups in total. The molecule has 0 saturated carbocycles. The predicted octanol–water partition coefficient (Wildman–Crippen LogP) is 3.64. The fourth-order valence-electron chi connectivity index (χ4n) is 1.74. The lowest BCUT2D eigenvalue weighted by molar-refractivity contribution is 0.0832. The summed E-state index contributed by atoms with van der Waals surface area (Å²) in [6.07, 6.45) is 1.65. The van der Waals surface area contributed by atoms with Gasteiger partial charge in [-0.3, -0.25) is 4.79 Å². The second-order valence-electron chi connectivity index (χ2n) is 5.01. The highest BCUT2D eigenvalue weighted by Gasteiger charge is 2.13. The van der Waals surface area contributed by atoms with Gasteiger partial charge in [-0.15, -0.1) is 11.3 Å². The van der Waals surface area contributed by atoms with Crippen LogP contribution in [0.2, 0.25) is 0 Å². The number of nitrogens with zero attached hydrogens (tertiary/aromatic N) is 2. The first kappa shape index (κ1) is 13.7. The van der Waals surface area contributed by atoms with E-state index >= 15 is 0 Å². The van der Waals surface area contributed by atoms with Crippen molar-refractivity contribution in [3.05, 3.63) is 40.9 Å². The van der Waals surface area contributed by atoms with E-state index < -0.39 is 0 Å². The summed E-state index contributed by atoms with van der Waals surface area (Å²) < 4.78 is 0. The van der Waals surface area contributed by atoms with Gasteiger partial charge in [0.1, 0.15) is 9.88 Å². The second-order valence-corrected chi connectivity index (χ2v) is 6.04. The molecule has 0 aliphatic heterocycles. The van der Waals surface area contributed by atoms with E-state index in [-0.39, 0.29) is 5.91 Å². The van der Waals surface area contributed by atoms with Gasteiger partial charge >= 0.3 is 0 Å². The molecule has 19 heavy (non-hydrogen) atoms. The van der Waals surface area contributed by atoms with E-state index in [1.165, 1.54) is 16.9 Å². The minimum Gasteiger partial charge on any atom is -0.344 e. The maximum atomic E-state index is 11.8. The molecule has 0 aliphatic rings. The first-order valence-corrected chi connectivity index (χ1v) is 7.08. The molecule has 2 aromatic rings. The molecule has 1 heterocycles. The van der Waals surface area contributed by atoms with Crippen molar-refractivity contribution in [1.29, 1.82) is 0 Å². The van der Waals surface area contributed by atoms with Crippen molar-refractivity contribution < 1.29 is 4.79 Å². The molecule has 0 aliphatic carbocycles. The van der Waals surface area contributed by atoms with Gasteiger partial charge in [-0.05, 0) is 11.5 Å². The zero-order valence-corrected chi connectivity index (χ0v) is 12.5. The smallest absolute Gasteiger partial charge is 0.265 e. The minimum absolute atomic E-state index is 0.00236. The summed E-state index contributed by atoms with van der Waals surface area (Å²) in [4.78, 5) is 18.4. The van der Waals surface area contributed by atoms with Gasteiger partial charge in [0.15, 0.2) is 0 Å². The largest absolute Gasteiger partial charge is 0.344 e. The molecule has 1 aromatic carbocycles. The van der Waals surface area contributed by atoms with E-state index in [2.05, 4.69) is 43.1 Å². The summed E-state index contributed by atoms with van der Waals surface area (Å²) in [5, 5.41) is 0.889. The SMILES string of the molecule is CC(C)c1ccc(-c2ncc(C(=O)N(C)C)s2)cc1. The van der Waals surface area contributed by atoms with Crippen LogP contribution in [0.1, 0.15) is 35.0 Å². The Hall–Kier alpha value is -1.68. The van der Waals surface area contributed by atoms with Crippen LogP contribution in [-0.4, -0.2) is 29.9 Å². The topological polar surface area (TPSA) is 33.2 Å². The number of benzene rings is 1. The number of carbonyl (C=O) groups is 1. The Labute approximate surface area is 117 Å². The van der Waals surface area contributed by atoms with E-state index in [9.17, 15) is 4.79 Å². The van der Waals surface area contributed by atoms with Crippen molar-refractivity contribution >= 4 is 17.2 Å². The first-order chi connectivity index (χ1) is 8.99. The summed E-state index contributed by atoms with van der Waals surface area (Å²) in [6, 6.07) is 8.37. The molecule has 3 nitrogen and oxygen atoms in total. The number of hydrogen-bond acceptors (Lipinski definition) is 3. The normalized spacial score (nSPS) is 10.8. The van der Waals surface area contributed by atoms with Crippen molar-refractivity contribution in [3.63, 3.8) is 0 Å². The van der Waals surface area contributed by atoms with Crippen LogP contribution in [0.3, 0.4) is 0 Å². The maximum Gasteiger partial charge on any atom is 0.265 e. The third-order valence-corrected chi connectivity index (χ3v) is 3.98. The minimum atomic E-state index is 0.00236. The van der Waals surface area contributed by atoms with Gasteiger partial charge in [0, 0.05) is 19.7 Å².